The van der Waals surface area contributed by atoms with Crippen molar-refractivity contribution in [3.63, 3.8) is 0 Å². The summed E-state index contributed by atoms with van der Waals surface area (Å²) in [6.07, 6.45) is 0.534. The molecule has 1 atom stereocenters. The number of hydrogen-bond donors (Lipinski definition) is 1. The van der Waals surface area contributed by atoms with Gasteiger partial charge >= 0.3 is 0 Å². The Morgan fingerprint density at radius 3 is 2.52 bits per heavy atom. The SMILES string of the molecule is C=C1OCC(F)(F)CN1[C@H](C)Cc1c([Si](CC)(CC)CC)[nH]c2ccc(F)cc12. The molecule has 0 amide bonds. The molecular formula is C22H31F3N2OSi. The fraction of sp³-hybridized carbons (Fsp3) is 0.545. The topological polar surface area (TPSA) is 28.3 Å². The summed E-state index contributed by atoms with van der Waals surface area (Å²) in [6.45, 7) is 11.4. The summed E-state index contributed by atoms with van der Waals surface area (Å²) in [4.78, 5) is 5.14. The van der Waals surface area contributed by atoms with Crippen LogP contribution in [0.5, 0.6) is 0 Å². The molecule has 7 heteroatoms. The van der Waals surface area contributed by atoms with Gasteiger partial charge < -0.3 is 14.6 Å². The quantitative estimate of drug-likeness (QED) is 0.604. The lowest BCUT2D eigenvalue weighted by Crippen LogP contribution is -2.51. The summed E-state index contributed by atoms with van der Waals surface area (Å²) in [5.74, 6) is -2.91. The molecule has 0 bridgehead atoms. The van der Waals surface area contributed by atoms with Gasteiger partial charge in [0.2, 0.25) is 0 Å². The third-order valence-electron chi connectivity index (χ3n) is 6.63. The van der Waals surface area contributed by atoms with Crippen molar-refractivity contribution >= 4 is 24.3 Å². The van der Waals surface area contributed by atoms with Crippen LogP contribution in [0.15, 0.2) is 30.7 Å². The summed E-state index contributed by atoms with van der Waals surface area (Å²) >= 11 is 0. The van der Waals surface area contributed by atoms with E-state index in [1.165, 1.54) is 11.4 Å². The minimum atomic E-state index is -2.90. The molecule has 160 valence electrons. The maximum atomic E-state index is 14.1. The second-order valence-electron chi connectivity index (χ2n) is 8.23. The van der Waals surface area contributed by atoms with E-state index in [1.807, 2.05) is 6.92 Å². The summed E-state index contributed by atoms with van der Waals surface area (Å²) in [7, 11) is -1.80. The van der Waals surface area contributed by atoms with E-state index in [4.69, 9.17) is 4.74 Å². The molecule has 0 aliphatic carbocycles. The van der Waals surface area contributed by atoms with Crippen molar-refractivity contribution < 1.29 is 17.9 Å². The molecule has 3 rings (SSSR count). The lowest BCUT2D eigenvalue weighted by atomic mass is 10.0. The van der Waals surface area contributed by atoms with Crippen molar-refractivity contribution in [2.45, 2.75) is 64.2 Å². The van der Waals surface area contributed by atoms with Gasteiger partial charge in [0.05, 0.1) is 6.54 Å². The van der Waals surface area contributed by atoms with Gasteiger partial charge in [-0.1, -0.05) is 38.9 Å². The van der Waals surface area contributed by atoms with Crippen molar-refractivity contribution in [3.05, 3.63) is 42.0 Å². The molecule has 1 fully saturated rings. The number of fused-ring (bicyclic) bond motifs is 1. The van der Waals surface area contributed by atoms with Crippen LogP contribution in [-0.4, -0.2) is 43.1 Å². The van der Waals surface area contributed by atoms with E-state index in [1.54, 1.807) is 17.0 Å². The fourth-order valence-corrected chi connectivity index (χ4v) is 8.46. The van der Waals surface area contributed by atoms with E-state index in [0.29, 0.717) is 6.42 Å². The van der Waals surface area contributed by atoms with Crippen molar-refractivity contribution in [3.8, 4) is 0 Å². The normalized spacial score (nSPS) is 18.2. The van der Waals surface area contributed by atoms with Crippen LogP contribution in [-0.2, 0) is 11.2 Å². The number of nitrogens with zero attached hydrogens (tertiary/aromatic N) is 1. The standard InChI is InChI=1S/C22H31F3N2OSi/c1-6-29(7-2,8-3)21-19(18-12-17(23)9-10-20(18)26-21)11-15(4)27-13-22(24,25)14-28-16(27)5/h9-10,12,15,26H,5-8,11,13-14H2,1-4H3/t15-/m1/s1. The molecule has 2 heterocycles. The summed E-state index contributed by atoms with van der Waals surface area (Å²) in [6, 6.07) is 7.79. The lowest BCUT2D eigenvalue weighted by molar-refractivity contribution is -0.135. The Hall–Kier alpha value is -1.89. The predicted molar refractivity (Wildman–Crippen MR) is 115 cm³/mol. The minimum Gasteiger partial charge on any atom is -0.473 e. The smallest absolute Gasteiger partial charge is 0.298 e. The molecule has 0 unspecified atom stereocenters. The lowest BCUT2D eigenvalue weighted by Gasteiger charge is -2.39. The van der Waals surface area contributed by atoms with Crippen LogP contribution >= 0.6 is 0 Å². The van der Waals surface area contributed by atoms with Crippen LogP contribution in [0.25, 0.3) is 10.9 Å². The number of halogens is 3. The first-order valence-corrected chi connectivity index (χ1v) is 13.0. The molecule has 0 saturated carbocycles. The Balaban J connectivity index is 2.06. The molecule has 0 spiro atoms. The number of hydrogen-bond acceptors (Lipinski definition) is 2. The second-order valence-corrected chi connectivity index (χ2v) is 13.4. The second kappa shape index (κ2) is 8.09. The number of aromatic nitrogens is 1. The molecule has 1 N–H and O–H groups in total. The highest BCUT2D eigenvalue weighted by atomic mass is 28.3. The zero-order valence-corrected chi connectivity index (χ0v) is 18.7. The van der Waals surface area contributed by atoms with Crippen molar-refractivity contribution in [1.82, 2.24) is 9.88 Å². The van der Waals surface area contributed by atoms with Gasteiger partial charge in [0, 0.05) is 22.3 Å². The number of alkyl halides is 2. The van der Waals surface area contributed by atoms with E-state index in [2.05, 4.69) is 32.3 Å². The molecule has 3 nitrogen and oxygen atoms in total. The van der Waals surface area contributed by atoms with Gasteiger partial charge in [-0.05, 0) is 43.7 Å². The predicted octanol–water partition coefficient (Wildman–Crippen LogP) is 5.39. The van der Waals surface area contributed by atoms with E-state index in [-0.39, 0.29) is 17.7 Å². The average molecular weight is 425 g/mol. The first kappa shape index (κ1) is 21.8. The van der Waals surface area contributed by atoms with Gasteiger partial charge in [0.1, 0.15) is 13.9 Å². The van der Waals surface area contributed by atoms with E-state index in [0.717, 1.165) is 34.6 Å². The van der Waals surface area contributed by atoms with Crippen LogP contribution in [0.4, 0.5) is 13.2 Å². The van der Waals surface area contributed by atoms with Gasteiger partial charge in [0.15, 0.2) is 12.5 Å². The van der Waals surface area contributed by atoms with Gasteiger partial charge in [-0.15, -0.1) is 0 Å². The summed E-state index contributed by atoms with van der Waals surface area (Å²) in [5, 5.41) is 2.09. The molecular weight excluding hydrogens is 393 g/mol. The zero-order valence-electron chi connectivity index (χ0n) is 17.7. The highest BCUT2D eigenvalue weighted by molar-refractivity contribution is 6.91. The highest BCUT2D eigenvalue weighted by Crippen LogP contribution is 2.31. The van der Waals surface area contributed by atoms with Gasteiger partial charge in [-0.25, -0.2) is 13.2 Å². The Bertz CT molecular complexity index is 883. The highest BCUT2D eigenvalue weighted by Gasteiger charge is 2.41. The monoisotopic (exact) mass is 424 g/mol. The molecule has 1 aliphatic heterocycles. The van der Waals surface area contributed by atoms with Crippen molar-refractivity contribution in [1.29, 1.82) is 0 Å². The molecule has 1 aliphatic rings. The Kier molecular flexibility index (Phi) is 6.08. The van der Waals surface area contributed by atoms with Crippen LogP contribution in [0.3, 0.4) is 0 Å². The zero-order chi connectivity index (χ0) is 21.4. The molecule has 1 saturated heterocycles. The third kappa shape index (κ3) is 4.06. The maximum absolute atomic E-state index is 14.1. The van der Waals surface area contributed by atoms with E-state index >= 15 is 0 Å². The Morgan fingerprint density at radius 2 is 1.90 bits per heavy atom. The third-order valence-corrected chi connectivity index (χ3v) is 12.2. The first-order chi connectivity index (χ1) is 13.7. The van der Waals surface area contributed by atoms with Crippen LogP contribution < -0.4 is 5.32 Å². The molecule has 1 aromatic carbocycles. The molecule has 0 radical (unpaired) electrons. The fourth-order valence-electron chi connectivity index (χ4n) is 4.63. The number of benzene rings is 1. The molecule has 1 aromatic heterocycles. The minimum absolute atomic E-state index is 0.244. The number of H-pyrrole nitrogens is 1. The van der Waals surface area contributed by atoms with Gasteiger partial charge in [0.25, 0.3) is 5.92 Å². The largest absolute Gasteiger partial charge is 0.473 e. The van der Waals surface area contributed by atoms with Crippen molar-refractivity contribution in [2.24, 2.45) is 0 Å². The van der Waals surface area contributed by atoms with E-state index < -0.39 is 27.1 Å². The number of nitrogens with one attached hydrogen (secondary N) is 1. The van der Waals surface area contributed by atoms with Gasteiger partial charge in [-0.2, -0.15) is 0 Å². The first-order valence-electron chi connectivity index (χ1n) is 10.4. The number of ether oxygens (including phenoxy) is 1. The van der Waals surface area contributed by atoms with Crippen LogP contribution in [0.1, 0.15) is 33.3 Å². The molecule has 29 heavy (non-hydrogen) atoms. The Labute approximate surface area is 171 Å². The Morgan fingerprint density at radius 1 is 1.24 bits per heavy atom. The summed E-state index contributed by atoms with van der Waals surface area (Å²) in [5.41, 5.74) is 1.97. The summed E-state index contributed by atoms with van der Waals surface area (Å²) < 4.78 is 47.1. The van der Waals surface area contributed by atoms with Gasteiger partial charge in [-0.3, -0.25) is 0 Å². The van der Waals surface area contributed by atoms with E-state index in [9.17, 15) is 13.2 Å². The molecule has 2 aromatic rings. The number of aromatic amines is 1. The average Bonchev–Trinajstić information content (AvgIpc) is 3.04. The number of rotatable bonds is 7. The maximum Gasteiger partial charge on any atom is 0.298 e. The van der Waals surface area contributed by atoms with Crippen molar-refractivity contribution in [2.75, 3.05) is 13.2 Å². The van der Waals surface area contributed by atoms with Crippen LogP contribution in [0, 0.1) is 5.82 Å². The van der Waals surface area contributed by atoms with Crippen LogP contribution in [0.2, 0.25) is 18.1 Å².